The third kappa shape index (κ3) is 2.78. The lowest BCUT2D eigenvalue weighted by atomic mass is 9.96. The molecule has 2 unspecified atom stereocenters. The molecule has 1 heterocycles. The number of fused-ring (bicyclic) bond motifs is 1. The van der Waals surface area contributed by atoms with E-state index in [-0.39, 0.29) is 6.10 Å². The summed E-state index contributed by atoms with van der Waals surface area (Å²) in [5.74, 6) is 1.79. The van der Waals surface area contributed by atoms with Gasteiger partial charge in [-0.25, -0.2) is 0 Å². The van der Waals surface area contributed by atoms with Crippen molar-refractivity contribution in [2.75, 3.05) is 13.2 Å². The van der Waals surface area contributed by atoms with Crippen molar-refractivity contribution < 1.29 is 9.47 Å². The fourth-order valence-electron chi connectivity index (χ4n) is 2.42. The topological polar surface area (TPSA) is 30.5 Å². The Morgan fingerprint density at radius 3 is 2.94 bits per heavy atom. The van der Waals surface area contributed by atoms with Crippen LogP contribution < -0.4 is 14.8 Å². The first-order chi connectivity index (χ1) is 8.76. The number of para-hydroxylation sites is 1. The lowest BCUT2D eigenvalue weighted by Crippen LogP contribution is -2.32. The number of hydrogen-bond acceptors (Lipinski definition) is 3. The van der Waals surface area contributed by atoms with Gasteiger partial charge in [0.25, 0.3) is 0 Å². The van der Waals surface area contributed by atoms with Crippen LogP contribution in [0.15, 0.2) is 18.2 Å². The van der Waals surface area contributed by atoms with Crippen LogP contribution in [0.1, 0.15) is 45.2 Å². The third-order valence-electron chi connectivity index (χ3n) is 3.21. The zero-order chi connectivity index (χ0) is 13.0. The van der Waals surface area contributed by atoms with Gasteiger partial charge in [-0.2, -0.15) is 0 Å². The van der Waals surface area contributed by atoms with E-state index in [0.717, 1.165) is 30.9 Å². The lowest BCUT2D eigenvalue weighted by Gasteiger charge is -2.32. The molecule has 2 rings (SSSR count). The Kier molecular flexibility index (Phi) is 4.48. The van der Waals surface area contributed by atoms with Crippen LogP contribution in [-0.4, -0.2) is 19.3 Å². The average molecular weight is 249 g/mol. The van der Waals surface area contributed by atoms with Gasteiger partial charge in [0.2, 0.25) is 0 Å². The minimum absolute atomic E-state index is 0.230. The van der Waals surface area contributed by atoms with Gasteiger partial charge >= 0.3 is 0 Å². The first-order valence-corrected chi connectivity index (χ1v) is 6.92. The van der Waals surface area contributed by atoms with Crippen molar-refractivity contribution in [3.05, 3.63) is 23.8 Å². The van der Waals surface area contributed by atoms with Gasteiger partial charge in [0.05, 0.1) is 12.7 Å². The van der Waals surface area contributed by atoms with E-state index in [0.29, 0.717) is 12.6 Å². The van der Waals surface area contributed by atoms with E-state index in [1.54, 1.807) is 0 Å². The first-order valence-electron chi connectivity index (χ1n) is 6.92. The van der Waals surface area contributed by atoms with Crippen molar-refractivity contribution in [2.24, 2.45) is 0 Å². The quantitative estimate of drug-likeness (QED) is 0.868. The van der Waals surface area contributed by atoms with Crippen LogP contribution in [0.4, 0.5) is 0 Å². The van der Waals surface area contributed by atoms with Gasteiger partial charge in [0, 0.05) is 18.0 Å². The highest BCUT2D eigenvalue weighted by Crippen LogP contribution is 2.41. The summed E-state index contributed by atoms with van der Waals surface area (Å²) in [6.45, 7) is 8.01. The largest absolute Gasteiger partial charge is 0.490 e. The summed E-state index contributed by atoms with van der Waals surface area (Å²) in [6, 6.07) is 6.54. The van der Waals surface area contributed by atoms with Gasteiger partial charge in [0.1, 0.15) is 0 Å². The number of ether oxygens (including phenoxy) is 2. The zero-order valence-electron chi connectivity index (χ0n) is 11.5. The van der Waals surface area contributed by atoms with E-state index in [1.807, 2.05) is 19.1 Å². The van der Waals surface area contributed by atoms with E-state index in [2.05, 4.69) is 25.2 Å². The maximum atomic E-state index is 5.96. The highest BCUT2D eigenvalue weighted by Gasteiger charge is 2.27. The molecule has 0 spiro atoms. The molecule has 2 atom stereocenters. The molecule has 0 amide bonds. The van der Waals surface area contributed by atoms with Gasteiger partial charge in [-0.15, -0.1) is 0 Å². The Morgan fingerprint density at radius 2 is 2.22 bits per heavy atom. The minimum Gasteiger partial charge on any atom is -0.490 e. The van der Waals surface area contributed by atoms with E-state index < -0.39 is 0 Å². The van der Waals surface area contributed by atoms with Crippen LogP contribution >= 0.6 is 0 Å². The van der Waals surface area contributed by atoms with Crippen LogP contribution in [-0.2, 0) is 0 Å². The molecule has 0 aromatic heterocycles. The van der Waals surface area contributed by atoms with Gasteiger partial charge in [-0.1, -0.05) is 19.1 Å². The summed E-state index contributed by atoms with van der Waals surface area (Å²) in [4.78, 5) is 0. The van der Waals surface area contributed by atoms with Crippen LogP contribution in [0.2, 0.25) is 0 Å². The molecule has 1 aliphatic heterocycles. The Morgan fingerprint density at radius 1 is 1.39 bits per heavy atom. The van der Waals surface area contributed by atoms with Gasteiger partial charge < -0.3 is 14.8 Å². The second-order valence-corrected chi connectivity index (χ2v) is 4.78. The predicted molar refractivity (Wildman–Crippen MR) is 73.4 cm³/mol. The highest BCUT2D eigenvalue weighted by atomic mass is 16.5. The fourth-order valence-corrected chi connectivity index (χ4v) is 2.42. The molecular formula is C15H23NO2. The van der Waals surface area contributed by atoms with Crippen molar-refractivity contribution in [3.63, 3.8) is 0 Å². The Balaban J connectivity index is 2.27. The molecule has 3 heteroatoms. The van der Waals surface area contributed by atoms with Gasteiger partial charge in [0.15, 0.2) is 11.5 Å². The van der Waals surface area contributed by atoms with Crippen LogP contribution in [0.5, 0.6) is 11.5 Å². The van der Waals surface area contributed by atoms with Crippen molar-refractivity contribution in [3.8, 4) is 11.5 Å². The standard InChI is InChI=1S/C15H23NO2/c1-4-9-16-13-10-11(3)18-15-12(13)7-6-8-14(15)17-5-2/h6-8,11,13,16H,4-5,9-10H2,1-3H3. The maximum absolute atomic E-state index is 5.96. The second-order valence-electron chi connectivity index (χ2n) is 4.78. The SMILES string of the molecule is CCCNC1CC(C)Oc2c(OCC)cccc21. The smallest absolute Gasteiger partial charge is 0.166 e. The molecule has 0 radical (unpaired) electrons. The van der Waals surface area contributed by atoms with Crippen LogP contribution in [0.25, 0.3) is 0 Å². The molecule has 0 bridgehead atoms. The number of benzene rings is 1. The van der Waals surface area contributed by atoms with Crippen molar-refractivity contribution >= 4 is 0 Å². The zero-order valence-corrected chi connectivity index (χ0v) is 11.5. The van der Waals surface area contributed by atoms with E-state index in [9.17, 15) is 0 Å². The summed E-state index contributed by atoms with van der Waals surface area (Å²) in [5.41, 5.74) is 1.23. The molecule has 1 aromatic carbocycles. The number of hydrogen-bond donors (Lipinski definition) is 1. The summed E-state index contributed by atoms with van der Waals surface area (Å²) in [6.07, 6.45) is 2.39. The van der Waals surface area contributed by atoms with Crippen molar-refractivity contribution in [1.82, 2.24) is 5.32 Å². The summed E-state index contributed by atoms with van der Waals surface area (Å²) in [7, 11) is 0. The van der Waals surface area contributed by atoms with Crippen molar-refractivity contribution in [1.29, 1.82) is 0 Å². The molecule has 1 aliphatic rings. The summed E-state index contributed by atoms with van der Waals surface area (Å²) >= 11 is 0. The molecule has 0 saturated carbocycles. The van der Waals surface area contributed by atoms with Gasteiger partial charge in [-0.05, 0) is 32.9 Å². The number of nitrogens with one attached hydrogen (secondary N) is 1. The first kappa shape index (κ1) is 13.2. The fraction of sp³-hybridized carbons (Fsp3) is 0.600. The lowest BCUT2D eigenvalue weighted by molar-refractivity contribution is 0.157. The van der Waals surface area contributed by atoms with Crippen LogP contribution in [0.3, 0.4) is 0 Å². The highest BCUT2D eigenvalue weighted by molar-refractivity contribution is 5.49. The second kappa shape index (κ2) is 6.10. The molecule has 100 valence electrons. The average Bonchev–Trinajstić information content (AvgIpc) is 2.37. The third-order valence-corrected chi connectivity index (χ3v) is 3.21. The van der Waals surface area contributed by atoms with Gasteiger partial charge in [-0.3, -0.25) is 0 Å². The Hall–Kier alpha value is -1.22. The normalized spacial score (nSPS) is 22.2. The molecular weight excluding hydrogens is 226 g/mol. The molecule has 1 N–H and O–H groups in total. The predicted octanol–water partition coefficient (Wildman–Crippen LogP) is 3.30. The summed E-state index contributed by atoms with van der Waals surface area (Å²) < 4.78 is 11.6. The minimum atomic E-state index is 0.230. The van der Waals surface area contributed by atoms with E-state index >= 15 is 0 Å². The summed E-state index contributed by atoms with van der Waals surface area (Å²) in [5, 5.41) is 3.59. The molecule has 18 heavy (non-hydrogen) atoms. The van der Waals surface area contributed by atoms with E-state index in [1.165, 1.54) is 5.56 Å². The molecule has 1 aromatic rings. The maximum Gasteiger partial charge on any atom is 0.166 e. The van der Waals surface area contributed by atoms with Crippen LogP contribution in [0, 0.1) is 0 Å². The number of rotatable bonds is 5. The molecule has 3 nitrogen and oxygen atoms in total. The molecule has 0 aliphatic carbocycles. The Labute approximate surface area is 109 Å². The van der Waals surface area contributed by atoms with E-state index in [4.69, 9.17) is 9.47 Å². The molecule has 0 saturated heterocycles. The monoisotopic (exact) mass is 249 g/mol. The molecule has 0 fully saturated rings. The Bertz CT molecular complexity index is 392. The van der Waals surface area contributed by atoms with Crippen molar-refractivity contribution in [2.45, 2.75) is 45.8 Å².